The Labute approximate surface area is 161 Å². The number of hydrogen-bond donors (Lipinski definition) is 2. The number of carbonyl (C=O) groups is 1. The highest BCUT2D eigenvalue weighted by molar-refractivity contribution is 7.89. The Hall–Kier alpha value is -2.18. The molecule has 0 saturated carbocycles. The molecule has 0 bridgehead atoms. The van der Waals surface area contributed by atoms with Crippen LogP contribution in [0.1, 0.15) is 47.6 Å². The normalized spacial score (nSPS) is 16.6. The number of nitrogens with one attached hydrogen (secondary N) is 2. The number of rotatable bonds is 6. The Morgan fingerprint density at radius 3 is 2.67 bits per heavy atom. The van der Waals surface area contributed by atoms with Crippen molar-refractivity contribution in [3.8, 4) is 0 Å². The molecule has 2 N–H and O–H groups in total. The zero-order valence-corrected chi connectivity index (χ0v) is 16.6. The molecular weight excluding hydrogens is 360 g/mol. The highest BCUT2D eigenvalue weighted by Crippen LogP contribution is 2.29. The summed E-state index contributed by atoms with van der Waals surface area (Å²) in [7, 11) is -3.61. The van der Waals surface area contributed by atoms with E-state index >= 15 is 0 Å². The molecule has 6 heteroatoms. The number of aryl methyl sites for hydroxylation is 3. The molecule has 0 aliphatic heterocycles. The minimum atomic E-state index is -3.61. The fourth-order valence-electron chi connectivity index (χ4n) is 3.43. The largest absolute Gasteiger partial charge is 0.349 e. The summed E-state index contributed by atoms with van der Waals surface area (Å²) in [6.07, 6.45) is 3.11. The first-order chi connectivity index (χ1) is 12.9. The molecule has 5 nitrogen and oxygen atoms in total. The average molecular weight is 387 g/mol. The molecular formula is C21H26N2O3S. The summed E-state index contributed by atoms with van der Waals surface area (Å²) in [5.41, 5.74) is 4.42. The monoisotopic (exact) mass is 386 g/mol. The van der Waals surface area contributed by atoms with E-state index in [1.54, 1.807) is 18.2 Å². The summed E-state index contributed by atoms with van der Waals surface area (Å²) in [4.78, 5) is 12.5. The summed E-state index contributed by atoms with van der Waals surface area (Å²) >= 11 is 0. The van der Waals surface area contributed by atoms with Gasteiger partial charge in [0.1, 0.15) is 0 Å². The molecule has 2 aromatic carbocycles. The Bertz CT molecular complexity index is 938. The van der Waals surface area contributed by atoms with Crippen LogP contribution < -0.4 is 10.0 Å². The third kappa shape index (κ3) is 4.76. The van der Waals surface area contributed by atoms with Crippen molar-refractivity contribution < 1.29 is 13.2 Å². The summed E-state index contributed by atoms with van der Waals surface area (Å²) in [6.45, 7) is 3.90. The molecule has 0 saturated heterocycles. The molecule has 144 valence electrons. The lowest BCUT2D eigenvalue weighted by molar-refractivity contribution is -0.121. The predicted molar refractivity (Wildman–Crippen MR) is 106 cm³/mol. The lowest BCUT2D eigenvalue weighted by Crippen LogP contribution is -2.34. The Balaban J connectivity index is 1.55. The smallest absolute Gasteiger partial charge is 0.240 e. The molecule has 2 aromatic rings. The number of fused-ring (bicyclic) bond motifs is 1. The number of hydrogen-bond acceptors (Lipinski definition) is 3. The zero-order chi connectivity index (χ0) is 19.4. The van der Waals surface area contributed by atoms with Gasteiger partial charge in [0.05, 0.1) is 10.9 Å². The van der Waals surface area contributed by atoms with Crippen LogP contribution in [0.3, 0.4) is 0 Å². The Kier molecular flexibility index (Phi) is 5.97. The molecule has 1 amide bonds. The number of carbonyl (C=O) groups excluding carboxylic acids is 1. The van der Waals surface area contributed by atoms with Crippen molar-refractivity contribution in [3.63, 3.8) is 0 Å². The van der Waals surface area contributed by atoms with E-state index in [-0.39, 0.29) is 29.8 Å². The van der Waals surface area contributed by atoms with Crippen molar-refractivity contribution >= 4 is 15.9 Å². The second-order valence-corrected chi connectivity index (χ2v) is 8.87. The van der Waals surface area contributed by atoms with E-state index in [2.05, 4.69) is 22.2 Å². The van der Waals surface area contributed by atoms with Gasteiger partial charge in [-0.3, -0.25) is 4.79 Å². The van der Waals surface area contributed by atoms with Crippen LogP contribution in [0.15, 0.2) is 47.4 Å². The minimum Gasteiger partial charge on any atom is -0.349 e. The maximum Gasteiger partial charge on any atom is 0.240 e. The first-order valence-electron chi connectivity index (χ1n) is 9.31. The van der Waals surface area contributed by atoms with Crippen LogP contribution in [0.2, 0.25) is 0 Å². The maximum absolute atomic E-state index is 12.4. The van der Waals surface area contributed by atoms with E-state index in [0.29, 0.717) is 0 Å². The fourth-order valence-corrected chi connectivity index (χ4v) is 4.55. The summed E-state index contributed by atoms with van der Waals surface area (Å²) in [6, 6.07) is 13.2. The van der Waals surface area contributed by atoms with E-state index in [1.165, 1.54) is 11.1 Å². The topological polar surface area (TPSA) is 75.3 Å². The van der Waals surface area contributed by atoms with Gasteiger partial charge in [0.2, 0.25) is 15.9 Å². The van der Waals surface area contributed by atoms with E-state index in [0.717, 1.165) is 30.4 Å². The average Bonchev–Trinajstić information content (AvgIpc) is 2.64. The molecule has 0 spiro atoms. The Morgan fingerprint density at radius 1 is 1.11 bits per heavy atom. The van der Waals surface area contributed by atoms with Crippen molar-refractivity contribution in [2.75, 3.05) is 6.54 Å². The SMILES string of the molecule is Cc1ccc(S(=O)(=O)NCCC(=O)NC2CCCc3ccccc32)cc1C. The van der Waals surface area contributed by atoms with E-state index < -0.39 is 10.0 Å². The van der Waals surface area contributed by atoms with Crippen LogP contribution in [0.5, 0.6) is 0 Å². The van der Waals surface area contributed by atoms with E-state index in [9.17, 15) is 13.2 Å². The molecule has 0 fully saturated rings. The van der Waals surface area contributed by atoms with E-state index in [1.807, 2.05) is 26.0 Å². The van der Waals surface area contributed by atoms with Gasteiger partial charge >= 0.3 is 0 Å². The van der Waals surface area contributed by atoms with Gasteiger partial charge in [-0.15, -0.1) is 0 Å². The van der Waals surface area contributed by atoms with Crippen molar-refractivity contribution in [1.29, 1.82) is 0 Å². The van der Waals surface area contributed by atoms with Gasteiger partial charge in [0.25, 0.3) is 0 Å². The molecule has 1 atom stereocenters. The first kappa shape index (κ1) is 19.6. The summed E-state index contributed by atoms with van der Waals surface area (Å²) in [5, 5.41) is 3.04. The summed E-state index contributed by atoms with van der Waals surface area (Å²) in [5.74, 6) is -0.139. The van der Waals surface area contributed by atoms with Crippen LogP contribution in [-0.4, -0.2) is 20.9 Å². The zero-order valence-electron chi connectivity index (χ0n) is 15.8. The van der Waals surface area contributed by atoms with Crippen LogP contribution in [0.4, 0.5) is 0 Å². The fraction of sp³-hybridized carbons (Fsp3) is 0.381. The van der Waals surface area contributed by atoms with Gasteiger partial charge < -0.3 is 5.32 Å². The first-order valence-corrected chi connectivity index (χ1v) is 10.8. The van der Waals surface area contributed by atoms with Gasteiger partial charge in [-0.25, -0.2) is 13.1 Å². The number of sulfonamides is 1. The van der Waals surface area contributed by atoms with E-state index in [4.69, 9.17) is 0 Å². The third-order valence-electron chi connectivity index (χ3n) is 5.14. The molecule has 27 heavy (non-hydrogen) atoms. The van der Waals surface area contributed by atoms with Gasteiger partial charge in [-0.1, -0.05) is 30.3 Å². The minimum absolute atomic E-state index is 0.0128. The van der Waals surface area contributed by atoms with Crippen LogP contribution >= 0.6 is 0 Å². The molecule has 0 heterocycles. The Morgan fingerprint density at radius 2 is 1.89 bits per heavy atom. The standard InChI is InChI=1S/C21H26N2O3S/c1-15-10-11-18(14-16(15)2)27(25,26)22-13-12-21(24)23-20-9-5-7-17-6-3-4-8-19(17)20/h3-4,6,8,10-11,14,20,22H,5,7,9,12-13H2,1-2H3,(H,23,24). The van der Waals surface area contributed by atoms with Crippen molar-refractivity contribution in [3.05, 3.63) is 64.7 Å². The second-order valence-electron chi connectivity index (χ2n) is 7.10. The molecule has 0 aromatic heterocycles. The highest BCUT2D eigenvalue weighted by Gasteiger charge is 2.21. The predicted octanol–water partition coefficient (Wildman–Crippen LogP) is 3.17. The molecule has 1 aliphatic rings. The van der Waals surface area contributed by atoms with Crippen molar-refractivity contribution in [2.24, 2.45) is 0 Å². The van der Waals surface area contributed by atoms with Crippen LogP contribution in [0, 0.1) is 13.8 Å². The third-order valence-corrected chi connectivity index (χ3v) is 6.60. The quantitative estimate of drug-likeness (QED) is 0.801. The highest BCUT2D eigenvalue weighted by atomic mass is 32.2. The maximum atomic E-state index is 12.4. The molecule has 1 unspecified atom stereocenters. The van der Waals surface area contributed by atoms with Crippen LogP contribution in [0.25, 0.3) is 0 Å². The molecule has 0 radical (unpaired) electrons. The molecule has 1 aliphatic carbocycles. The van der Waals surface area contributed by atoms with Gasteiger partial charge in [0.15, 0.2) is 0 Å². The second kappa shape index (κ2) is 8.23. The number of benzene rings is 2. The lowest BCUT2D eigenvalue weighted by atomic mass is 9.88. The van der Waals surface area contributed by atoms with Gasteiger partial charge in [-0.2, -0.15) is 0 Å². The molecule has 3 rings (SSSR count). The van der Waals surface area contributed by atoms with Crippen molar-refractivity contribution in [1.82, 2.24) is 10.0 Å². The summed E-state index contributed by atoms with van der Waals surface area (Å²) < 4.78 is 27.3. The van der Waals surface area contributed by atoms with Gasteiger partial charge in [-0.05, 0) is 67.5 Å². The lowest BCUT2D eigenvalue weighted by Gasteiger charge is -2.26. The number of amides is 1. The van der Waals surface area contributed by atoms with Gasteiger partial charge in [0, 0.05) is 13.0 Å². The van der Waals surface area contributed by atoms with Crippen LogP contribution in [-0.2, 0) is 21.2 Å². The van der Waals surface area contributed by atoms with Crippen molar-refractivity contribution in [2.45, 2.75) is 50.5 Å².